The molecule has 0 bridgehead atoms. The predicted molar refractivity (Wildman–Crippen MR) is 244 cm³/mol. The number of nitrogens with zero attached hydrogens (tertiary/aromatic N) is 4. The second-order valence-corrected chi connectivity index (χ2v) is 14.8. The Morgan fingerprint density at radius 1 is 0.237 bits per heavy atom. The normalized spacial score (nSPS) is 11.4. The lowest BCUT2D eigenvalue weighted by Gasteiger charge is -2.17. The Morgan fingerprint density at radius 3 is 1.29 bits per heavy atom. The van der Waals surface area contributed by atoms with E-state index >= 15 is 0 Å². The molecular weight excluding hydrogens is 717 g/mol. The van der Waals surface area contributed by atoms with Crippen LogP contribution in [0, 0.1) is 0 Å². The van der Waals surface area contributed by atoms with E-state index in [9.17, 15) is 0 Å². The fourth-order valence-corrected chi connectivity index (χ4v) is 8.55. The van der Waals surface area contributed by atoms with E-state index in [-0.39, 0.29) is 0 Å². The number of hydrogen-bond donors (Lipinski definition) is 0. The van der Waals surface area contributed by atoms with Gasteiger partial charge >= 0.3 is 0 Å². The monoisotopic (exact) mass is 752 g/mol. The van der Waals surface area contributed by atoms with Crippen molar-refractivity contribution in [2.24, 2.45) is 0 Å². The maximum atomic E-state index is 5.13. The van der Waals surface area contributed by atoms with E-state index in [1.165, 1.54) is 49.3 Å². The van der Waals surface area contributed by atoms with Gasteiger partial charge in [0, 0.05) is 33.0 Å². The van der Waals surface area contributed by atoms with Gasteiger partial charge in [-0.2, -0.15) is 0 Å². The fourth-order valence-electron chi connectivity index (χ4n) is 8.55. The van der Waals surface area contributed by atoms with E-state index in [0.29, 0.717) is 17.5 Å². The minimum atomic E-state index is 0.630. The van der Waals surface area contributed by atoms with Gasteiger partial charge < -0.3 is 4.57 Å². The molecule has 0 N–H and O–H groups in total. The van der Waals surface area contributed by atoms with Gasteiger partial charge in [0.25, 0.3) is 0 Å². The summed E-state index contributed by atoms with van der Waals surface area (Å²) in [7, 11) is 0. The highest BCUT2D eigenvalue weighted by Gasteiger charge is 2.19. The lowest BCUT2D eigenvalue weighted by molar-refractivity contribution is 1.07. The molecule has 0 aliphatic carbocycles. The van der Waals surface area contributed by atoms with Gasteiger partial charge in [-0.1, -0.05) is 200 Å². The van der Waals surface area contributed by atoms with Crippen LogP contribution in [0.15, 0.2) is 218 Å². The van der Waals surface area contributed by atoms with Crippen LogP contribution in [0.3, 0.4) is 0 Å². The van der Waals surface area contributed by atoms with E-state index < -0.39 is 0 Å². The highest BCUT2D eigenvalue weighted by atomic mass is 15.0. The van der Waals surface area contributed by atoms with E-state index in [2.05, 4.69) is 180 Å². The van der Waals surface area contributed by atoms with E-state index in [0.717, 1.165) is 39.1 Å². The van der Waals surface area contributed by atoms with Crippen molar-refractivity contribution in [3.8, 4) is 73.2 Å². The quantitative estimate of drug-likeness (QED) is 0.163. The van der Waals surface area contributed by atoms with Crippen molar-refractivity contribution in [2.75, 3.05) is 0 Å². The zero-order valence-electron chi connectivity index (χ0n) is 32.1. The van der Waals surface area contributed by atoms with Gasteiger partial charge in [-0.05, 0) is 56.8 Å². The molecule has 9 aromatic carbocycles. The van der Waals surface area contributed by atoms with Gasteiger partial charge in [0.05, 0.1) is 16.7 Å². The Hall–Kier alpha value is -7.95. The topological polar surface area (TPSA) is 43.6 Å². The smallest absolute Gasteiger partial charge is 0.164 e. The summed E-state index contributed by atoms with van der Waals surface area (Å²) in [6, 6.07) is 77.0. The largest absolute Gasteiger partial charge is 0.309 e. The van der Waals surface area contributed by atoms with Gasteiger partial charge in [0.15, 0.2) is 17.5 Å². The van der Waals surface area contributed by atoms with Gasteiger partial charge in [0.1, 0.15) is 0 Å². The van der Waals surface area contributed by atoms with Crippen LogP contribution in [-0.4, -0.2) is 19.5 Å². The Morgan fingerprint density at radius 2 is 0.644 bits per heavy atom. The predicted octanol–water partition coefficient (Wildman–Crippen LogP) is 14.1. The van der Waals surface area contributed by atoms with Crippen LogP contribution < -0.4 is 0 Å². The van der Waals surface area contributed by atoms with Crippen molar-refractivity contribution in [1.82, 2.24) is 19.5 Å². The number of rotatable bonds is 7. The highest BCUT2D eigenvalue weighted by Crippen LogP contribution is 2.41. The maximum Gasteiger partial charge on any atom is 0.164 e. The first-order chi connectivity index (χ1) is 29.3. The van der Waals surface area contributed by atoms with Crippen LogP contribution in [0.1, 0.15) is 0 Å². The summed E-state index contributed by atoms with van der Waals surface area (Å²) in [6.07, 6.45) is 0. The van der Waals surface area contributed by atoms with Crippen LogP contribution >= 0.6 is 0 Å². The molecule has 0 atom stereocenters. The Kier molecular flexibility index (Phi) is 8.45. The van der Waals surface area contributed by atoms with Gasteiger partial charge in [-0.3, -0.25) is 0 Å². The minimum Gasteiger partial charge on any atom is -0.309 e. The molecule has 0 saturated carbocycles. The molecule has 276 valence electrons. The van der Waals surface area contributed by atoms with Crippen LogP contribution in [0.4, 0.5) is 0 Å². The van der Waals surface area contributed by atoms with E-state index in [1.54, 1.807) is 0 Å². The van der Waals surface area contributed by atoms with E-state index in [1.807, 2.05) is 42.5 Å². The Bertz CT molecular complexity index is 3260. The third-order valence-corrected chi connectivity index (χ3v) is 11.3. The van der Waals surface area contributed by atoms with Crippen molar-refractivity contribution in [3.05, 3.63) is 218 Å². The highest BCUT2D eigenvalue weighted by molar-refractivity contribution is 6.11. The summed E-state index contributed by atoms with van der Waals surface area (Å²) < 4.78 is 2.41. The molecule has 0 aliphatic rings. The molecular formula is C55H36N4. The summed E-state index contributed by atoms with van der Waals surface area (Å²) in [5, 5.41) is 4.90. The second kappa shape index (κ2) is 14.5. The molecule has 0 fully saturated rings. The third-order valence-electron chi connectivity index (χ3n) is 11.3. The summed E-state index contributed by atoms with van der Waals surface area (Å²) >= 11 is 0. The lowest BCUT2D eigenvalue weighted by atomic mass is 9.91. The molecule has 0 aliphatic heterocycles. The third kappa shape index (κ3) is 6.06. The Labute approximate surface area is 342 Å². The molecule has 0 amide bonds. The first-order valence-electron chi connectivity index (χ1n) is 20.0. The molecule has 0 saturated heterocycles. The van der Waals surface area contributed by atoms with Gasteiger partial charge in [-0.15, -0.1) is 0 Å². The van der Waals surface area contributed by atoms with Crippen molar-refractivity contribution in [3.63, 3.8) is 0 Å². The zero-order chi connectivity index (χ0) is 39.1. The number of fused-ring (bicyclic) bond motifs is 4. The standard InChI is InChI=1S/C55H36N4/c1-3-17-37(18-4-1)41-21-7-10-27-49(41)55-57-53(39-19-5-2-6-20-39)56-54(58-55)40-33-31-38(32-34-40)42-35-36-45(44-23-9-8-22-43(42)44)46-24-11-14-28-50(46)59-51-29-15-12-25-47(51)48-26-13-16-30-52(48)59/h1-36H. The number of aromatic nitrogens is 4. The molecule has 4 heteroatoms. The van der Waals surface area contributed by atoms with Crippen LogP contribution in [0.25, 0.3) is 106 Å². The zero-order valence-corrected chi connectivity index (χ0v) is 32.1. The molecule has 59 heavy (non-hydrogen) atoms. The first-order valence-corrected chi connectivity index (χ1v) is 20.0. The summed E-state index contributed by atoms with van der Waals surface area (Å²) in [5.41, 5.74) is 13.2. The SMILES string of the molecule is c1ccc(-c2nc(-c3ccc(-c4ccc(-c5ccccc5-n5c6ccccc6c6ccccc65)c5ccccc45)cc3)nc(-c3ccccc3-c3ccccc3)n2)cc1. The number of para-hydroxylation sites is 3. The van der Waals surface area contributed by atoms with Crippen molar-refractivity contribution >= 4 is 32.6 Å². The summed E-state index contributed by atoms with van der Waals surface area (Å²) in [5.74, 6) is 1.91. The Balaban J connectivity index is 1.01. The molecule has 2 aromatic heterocycles. The molecule has 11 aromatic rings. The molecule has 0 spiro atoms. The fraction of sp³-hybridized carbons (Fsp3) is 0. The molecule has 11 rings (SSSR count). The van der Waals surface area contributed by atoms with Crippen molar-refractivity contribution in [2.45, 2.75) is 0 Å². The average Bonchev–Trinajstić information content (AvgIpc) is 3.66. The van der Waals surface area contributed by atoms with Crippen molar-refractivity contribution in [1.29, 1.82) is 0 Å². The molecule has 4 nitrogen and oxygen atoms in total. The number of hydrogen-bond acceptors (Lipinski definition) is 3. The lowest BCUT2D eigenvalue weighted by Crippen LogP contribution is -2.01. The minimum absolute atomic E-state index is 0.630. The second-order valence-electron chi connectivity index (χ2n) is 14.8. The van der Waals surface area contributed by atoms with Gasteiger partial charge in [0.2, 0.25) is 0 Å². The van der Waals surface area contributed by atoms with Crippen LogP contribution in [0.5, 0.6) is 0 Å². The molecule has 0 radical (unpaired) electrons. The molecule has 2 heterocycles. The maximum absolute atomic E-state index is 5.13. The molecule has 0 unspecified atom stereocenters. The summed E-state index contributed by atoms with van der Waals surface area (Å²) in [4.78, 5) is 15.2. The van der Waals surface area contributed by atoms with E-state index in [4.69, 9.17) is 15.0 Å². The van der Waals surface area contributed by atoms with Crippen LogP contribution in [0.2, 0.25) is 0 Å². The van der Waals surface area contributed by atoms with Gasteiger partial charge in [-0.25, -0.2) is 15.0 Å². The van der Waals surface area contributed by atoms with Crippen molar-refractivity contribution < 1.29 is 0 Å². The number of benzene rings is 9. The summed E-state index contributed by atoms with van der Waals surface area (Å²) in [6.45, 7) is 0. The first kappa shape index (κ1) is 34.3. The van der Waals surface area contributed by atoms with Crippen LogP contribution in [-0.2, 0) is 0 Å². The average molecular weight is 753 g/mol.